The predicted octanol–water partition coefficient (Wildman–Crippen LogP) is 4.23. The molecule has 4 atom stereocenters. The molecule has 17 heavy (non-hydrogen) atoms. The van der Waals surface area contributed by atoms with Crippen LogP contribution in [-0.4, -0.2) is 6.29 Å². The zero-order valence-corrected chi connectivity index (χ0v) is 11.8. The topological polar surface area (TPSA) is 17.1 Å². The molecule has 0 saturated heterocycles. The highest BCUT2D eigenvalue weighted by Gasteiger charge is 2.58. The lowest BCUT2D eigenvalue weighted by Crippen LogP contribution is -2.43. The summed E-state index contributed by atoms with van der Waals surface area (Å²) < 4.78 is 0. The molecule has 1 nitrogen and oxygen atoms in total. The van der Waals surface area contributed by atoms with Crippen molar-refractivity contribution in [3.05, 3.63) is 12.2 Å². The number of hydrogen-bond acceptors (Lipinski definition) is 1. The summed E-state index contributed by atoms with van der Waals surface area (Å²) in [6, 6.07) is 0. The predicted molar refractivity (Wildman–Crippen MR) is 71.7 cm³/mol. The molecule has 0 aromatic carbocycles. The minimum atomic E-state index is -0.199. The van der Waals surface area contributed by atoms with Gasteiger partial charge in [-0.2, -0.15) is 0 Å². The third kappa shape index (κ3) is 1.88. The third-order valence-corrected chi connectivity index (χ3v) is 5.46. The van der Waals surface area contributed by atoms with Crippen LogP contribution in [0.1, 0.15) is 53.4 Å². The number of allylic oxidation sites excluding steroid dienone is 1. The van der Waals surface area contributed by atoms with E-state index < -0.39 is 0 Å². The van der Waals surface area contributed by atoms with Crippen LogP contribution < -0.4 is 0 Å². The smallest absolute Gasteiger partial charge is 0.126 e. The van der Waals surface area contributed by atoms with E-state index >= 15 is 0 Å². The van der Waals surface area contributed by atoms with Crippen molar-refractivity contribution in [2.45, 2.75) is 53.4 Å². The van der Waals surface area contributed by atoms with Gasteiger partial charge in [0.25, 0.3) is 0 Å². The van der Waals surface area contributed by atoms with Crippen molar-refractivity contribution >= 4 is 6.29 Å². The fourth-order valence-corrected chi connectivity index (χ4v) is 5.12. The minimum absolute atomic E-state index is 0.199. The van der Waals surface area contributed by atoms with Crippen molar-refractivity contribution in [3.8, 4) is 0 Å². The van der Waals surface area contributed by atoms with Gasteiger partial charge in [-0.25, -0.2) is 0 Å². The van der Waals surface area contributed by atoms with E-state index in [1.165, 1.54) is 25.5 Å². The van der Waals surface area contributed by atoms with Crippen molar-refractivity contribution in [1.29, 1.82) is 0 Å². The van der Waals surface area contributed by atoms with Gasteiger partial charge >= 0.3 is 0 Å². The average Bonchev–Trinajstić information content (AvgIpc) is 2.73. The molecular formula is C16H26O. The first-order chi connectivity index (χ1) is 7.81. The average molecular weight is 234 g/mol. The summed E-state index contributed by atoms with van der Waals surface area (Å²) in [7, 11) is 0. The fourth-order valence-electron chi connectivity index (χ4n) is 5.12. The lowest BCUT2D eigenvalue weighted by molar-refractivity contribution is -0.123. The van der Waals surface area contributed by atoms with Crippen molar-refractivity contribution in [3.63, 3.8) is 0 Å². The Morgan fingerprint density at radius 1 is 1.47 bits per heavy atom. The van der Waals surface area contributed by atoms with Gasteiger partial charge in [-0.1, -0.05) is 26.3 Å². The van der Waals surface area contributed by atoms with Gasteiger partial charge in [-0.3, -0.25) is 0 Å². The van der Waals surface area contributed by atoms with Crippen molar-refractivity contribution in [1.82, 2.24) is 0 Å². The van der Waals surface area contributed by atoms with Crippen LogP contribution in [0.5, 0.6) is 0 Å². The highest BCUT2D eigenvalue weighted by atomic mass is 16.1. The molecule has 0 radical (unpaired) electrons. The van der Waals surface area contributed by atoms with Gasteiger partial charge in [-0.05, 0) is 55.8 Å². The van der Waals surface area contributed by atoms with Crippen LogP contribution in [0, 0.1) is 28.6 Å². The fraction of sp³-hybridized carbons (Fsp3) is 0.812. The van der Waals surface area contributed by atoms with Gasteiger partial charge in [0.1, 0.15) is 6.29 Å². The largest absolute Gasteiger partial charge is 0.303 e. The van der Waals surface area contributed by atoms with Gasteiger partial charge in [0, 0.05) is 5.41 Å². The Morgan fingerprint density at radius 3 is 2.53 bits per heavy atom. The molecule has 0 amide bonds. The lowest BCUT2D eigenvalue weighted by atomic mass is 9.57. The maximum atomic E-state index is 11.7. The molecule has 0 aliphatic heterocycles. The summed E-state index contributed by atoms with van der Waals surface area (Å²) in [5.74, 6) is 2.15. The molecule has 96 valence electrons. The molecule has 0 spiro atoms. The molecule has 0 N–H and O–H groups in total. The molecule has 2 aliphatic rings. The highest BCUT2D eigenvalue weighted by Crippen LogP contribution is 2.64. The zero-order valence-electron chi connectivity index (χ0n) is 11.8. The standard InChI is InChI=1S/C16H26O/c1-11(2)9-16(5,10-17)14-12-6-7-13(8-12)15(14,3)4/h10,12-14H,1,6-9H2,2-5H3/t12-,13+,14?,16?/m0/s1. The quantitative estimate of drug-likeness (QED) is 0.525. The summed E-state index contributed by atoms with van der Waals surface area (Å²) in [5, 5.41) is 0. The maximum Gasteiger partial charge on any atom is 0.126 e. The highest BCUT2D eigenvalue weighted by molar-refractivity contribution is 5.60. The molecule has 2 aliphatic carbocycles. The zero-order chi connectivity index (χ0) is 12.8. The molecule has 0 aromatic heterocycles. The molecule has 1 heteroatoms. The van der Waals surface area contributed by atoms with E-state index in [0.29, 0.717) is 11.3 Å². The molecule has 0 aromatic rings. The molecule has 2 unspecified atom stereocenters. The number of hydrogen-bond donors (Lipinski definition) is 0. The summed E-state index contributed by atoms with van der Waals surface area (Å²) >= 11 is 0. The number of rotatable bonds is 4. The Balaban J connectivity index is 2.31. The van der Waals surface area contributed by atoms with Crippen LogP contribution in [0.25, 0.3) is 0 Å². The molecule has 2 rings (SSSR count). The number of aldehydes is 1. The Bertz CT molecular complexity index is 341. The number of carbonyl (C=O) groups is 1. The molecule has 2 fully saturated rings. The monoisotopic (exact) mass is 234 g/mol. The third-order valence-electron chi connectivity index (χ3n) is 5.46. The second-order valence-electron chi connectivity index (χ2n) is 7.33. The first-order valence-corrected chi connectivity index (χ1v) is 6.92. The lowest BCUT2D eigenvalue weighted by Gasteiger charge is -2.46. The number of carbonyl (C=O) groups excluding carboxylic acids is 1. The van der Waals surface area contributed by atoms with Crippen LogP contribution in [0.15, 0.2) is 12.2 Å². The van der Waals surface area contributed by atoms with E-state index in [4.69, 9.17) is 0 Å². The Labute approximate surface area is 106 Å². The molecule has 2 bridgehead atoms. The van der Waals surface area contributed by atoms with Gasteiger partial charge in [0.15, 0.2) is 0 Å². The first-order valence-electron chi connectivity index (χ1n) is 6.92. The van der Waals surface area contributed by atoms with Crippen LogP contribution in [0.3, 0.4) is 0 Å². The van der Waals surface area contributed by atoms with Crippen molar-refractivity contribution < 1.29 is 4.79 Å². The Kier molecular flexibility index (Phi) is 3.00. The minimum Gasteiger partial charge on any atom is -0.303 e. The number of fused-ring (bicyclic) bond motifs is 2. The second-order valence-corrected chi connectivity index (χ2v) is 7.33. The van der Waals surface area contributed by atoms with E-state index in [9.17, 15) is 4.79 Å². The van der Waals surface area contributed by atoms with E-state index in [-0.39, 0.29) is 5.41 Å². The van der Waals surface area contributed by atoms with Crippen molar-refractivity contribution in [2.24, 2.45) is 28.6 Å². The van der Waals surface area contributed by atoms with Crippen molar-refractivity contribution in [2.75, 3.05) is 0 Å². The van der Waals surface area contributed by atoms with Crippen LogP contribution in [-0.2, 0) is 4.79 Å². The van der Waals surface area contributed by atoms with Gasteiger partial charge in [0.2, 0.25) is 0 Å². The van der Waals surface area contributed by atoms with E-state index in [1.54, 1.807) is 0 Å². The Morgan fingerprint density at radius 2 is 2.12 bits per heavy atom. The summed E-state index contributed by atoms with van der Waals surface area (Å²) in [5.41, 5.74) is 1.27. The van der Waals surface area contributed by atoms with Gasteiger partial charge in [-0.15, -0.1) is 6.58 Å². The van der Waals surface area contributed by atoms with Crippen LogP contribution in [0.4, 0.5) is 0 Å². The summed E-state index contributed by atoms with van der Waals surface area (Å²) in [6.45, 7) is 13.0. The Hall–Kier alpha value is -0.590. The normalized spacial score (nSPS) is 37.8. The van der Waals surface area contributed by atoms with E-state index in [1.807, 2.05) is 6.92 Å². The summed E-state index contributed by atoms with van der Waals surface area (Å²) in [4.78, 5) is 11.7. The molecule has 0 heterocycles. The molecule has 2 saturated carbocycles. The second kappa shape index (κ2) is 3.96. The first kappa shape index (κ1) is 12.9. The van der Waals surface area contributed by atoms with Gasteiger partial charge < -0.3 is 4.79 Å². The van der Waals surface area contributed by atoms with Crippen LogP contribution in [0.2, 0.25) is 0 Å². The van der Waals surface area contributed by atoms with E-state index in [0.717, 1.165) is 23.8 Å². The maximum absolute atomic E-state index is 11.7. The molecular weight excluding hydrogens is 208 g/mol. The van der Waals surface area contributed by atoms with Crippen LogP contribution >= 0.6 is 0 Å². The van der Waals surface area contributed by atoms with Gasteiger partial charge in [0.05, 0.1) is 0 Å². The SMILES string of the molecule is C=C(C)CC(C)(C=O)C1[C@H]2CC[C@H](C2)C1(C)C. The summed E-state index contributed by atoms with van der Waals surface area (Å²) in [6.07, 6.45) is 6.12. The van der Waals surface area contributed by atoms with E-state index in [2.05, 4.69) is 27.4 Å².